The molecule has 0 unspecified atom stereocenters. The first-order chi connectivity index (χ1) is 12.5. The Bertz CT molecular complexity index is 968. The Morgan fingerprint density at radius 3 is 2.35 bits per heavy atom. The predicted molar refractivity (Wildman–Crippen MR) is 97.6 cm³/mol. The van der Waals surface area contributed by atoms with Gasteiger partial charge >= 0.3 is 0 Å². The lowest BCUT2D eigenvalue weighted by Crippen LogP contribution is -2.15. The number of halogens is 2. The number of benzene rings is 2. The number of hydrogen-bond acceptors (Lipinski definition) is 3. The Kier molecular flexibility index (Phi) is 4.24. The Balaban J connectivity index is 1.87. The van der Waals surface area contributed by atoms with Crippen molar-refractivity contribution < 1.29 is 13.6 Å². The van der Waals surface area contributed by atoms with Gasteiger partial charge in [0.25, 0.3) is 0 Å². The summed E-state index contributed by atoms with van der Waals surface area (Å²) in [5, 5.41) is 7.31. The van der Waals surface area contributed by atoms with Crippen molar-refractivity contribution in [1.82, 2.24) is 9.78 Å². The molecule has 0 bridgehead atoms. The molecule has 0 aliphatic carbocycles. The summed E-state index contributed by atoms with van der Waals surface area (Å²) in [6.07, 6.45) is 0. The number of carbonyl (C=O) groups excluding carboxylic acids is 1. The summed E-state index contributed by atoms with van der Waals surface area (Å²) in [6.45, 7) is 1.87. The summed E-state index contributed by atoms with van der Waals surface area (Å²) < 4.78 is 28.2. The third-order valence-corrected chi connectivity index (χ3v) is 5.52. The van der Waals surface area contributed by atoms with Crippen LogP contribution in [0.3, 0.4) is 0 Å². The van der Waals surface area contributed by atoms with Gasteiger partial charge in [0.2, 0.25) is 5.91 Å². The molecule has 4 nitrogen and oxygen atoms in total. The Morgan fingerprint density at radius 2 is 1.69 bits per heavy atom. The molecule has 1 N–H and O–H groups in total. The predicted octanol–water partition coefficient (Wildman–Crippen LogP) is 4.23. The molecule has 4 rings (SSSR count). The first-order valence-corrected chi connectivity index (χ1v) is 9.10. The Labute approximate surface area is 153 Å². The molecular formula is C19H15F2N3OS. The summed E-state index contributed by atoms with van der Waals surface area (Å²) in [4.78, 5) is 12.2. The van der Waals surface area contributed by atoms with Crippen LogP contribution in [0.25, 0.3) is 5.69 Å². The maximum atomic E-state index is 13.3. The Hall–Kier alpha value is -2.67. The molecule has 1 atom stereocenters. The van der Waals surface area contributed by atoms with Gasteiger partial charge in [0.1, 0.15) is 17.5 Å². The fraction of sp³-hybridized carbons (Fsp3) is 0.158. The van der Waals surface area contributed by atoms with E-state index in [0.717, 1.165) is 16.8 Å². The topological polar surface area (TPSA) is 46.9 Å². The minimum atomic E-state index is -0.340. The normalized spacial score (nSPS) is 16.7. The van der Waals surface area contributed by atoms with E-state index < -0.39 is 0 Å². The molecule has 26 heavy (non-hydrogen) atoms. The molecule has 1 amide bonds. The first-order valence-electron chi connectivity index (χ1n) is 8.05. The number of thioether (sulfide) groups is 1. The van der Waals surface area contributed by atoms with Crippen LogP contribution in [0.5, 0.6) is 0 Å². The SMILES string of the molecule is Cc1nn(-c2ccc(F)cc2)c2c1[C@@H](c1ccc(F)cc1)SCC(=O)N2. The second-order valence-corrected chi connectivity index (χ2v) is 7.12. The van der Waals surface area contributed by atoms with Gasteiger partial charge in [-0.2, -0.15) is 5.10 Å². The van der Waals surface area contributed by atoms with E-state index in [1.54, 1.807) is 28.9 Å². The Morgan fingerprint density at radius 1 is 1.08 bits per heavy atom. The summed E-state index contributed by atoms with van der Waals surface area (Å²) >= 11 is 1.47. The highest BCUT2D eigenvalue weighted by molar-refractivity contribution is 8.00. The number of anilines is 1. The quantitative estimate of drug-likeness (QED) is 0.733. The largest absolute Gasteiger partial charge is 0.310 e. The molecular weight excluding hydrogens is 356 g/mol. The molecule has 7 heteroatoms. The molecule has 0 fully saturated rings. The minimum absolute atomic E-state index is 0.135. The van der Waals surface area contributed by atoms with Crippen LogP contribution in [-0.4, -0.2) is 21.4 Å². The van der Waals surface area contributed by atoms with E-state index in [4.69, 9.17) is 0 Å². The molecule has 0 radical (unpaired) electrons. The molecule has 0 saturated heterocycles. The maximum absolute atomic E-state index is 13.3. The second kappa shape index (κ2) is 6.57. The van der Waals surface area contributed by atoms with Gasteiger partial charge in [-0.15, -0.1) is 11.8 Å². The van der Waals surface area contributed by atoms with Crippen molar-refractivity contribution in [2.75, 3.05) is 11.1 Å². The average molecular weight is 371 g/mol. The van der Waals surface area contributed by atoms with Crippen molar-refractivity contribution in [3.63, 3.8) is 0 Å². The van der Waals surface area contributed by atoms with Gasteiger partial charge in [-0.25, -0.2) is 13.5 Å². The van der Waals surface area contributed by atoms with Crippen LogP contribution in [0.15, 0.2) is 48.5 Å². The zero-order valence-corrected chi connectivity index (χ0v) is 14.7. The van der Waals surface area contributed by atoms with Crippen LogP contribution in [0.4, 0.5) is 14.6 Å². The number of nitrogens with one attached hydrogen (secondary N) is 1. The zero-order valence-electron chi connectivity index (χ0n) is 13.9. The van der Waals surface area contributed by atoms with Crippen LogP contribution < -0.4 is 5.32 Å². The summed E-state index contributed by atoms with van der Waals surface area (Å²) in [7, 11) is 0. The average Bonchev–Trinajstić information content (AvgIpc) is 2.83. The van der Waals surface area contributed by atoms with Crippen molar-refractivity contribution in [2.24, 2.45) is 0 Å². The molecule has 2 heterocycles. The lowest BCUT2D eigenvalue weighted by Gasteiger charge is -2.15. The standard InChI is InChI=1S/C19H15F2N3OS/c1-11-17-18(12-2-4-13(20)5-3-12)26-10-16(25)22-19(17)24(23-11)15-8-6-14(21)7-9-15/h2-9,18H,10H2,1H3,(H,22,25)/t18-/m1/s1. The smallest absolute Gasteiger partial charge is 0.235 e. The number of hydrogen-bond donors (Lipinski definition) is 1. The van der Waals surface area contributed by atoms with Crippen molar-refractivity contribution in [1.29, 1.82) is 0 Å². The van der Waals surface area contributed by atoms with Gasteiger partial charge in [0, 0.05) is 5.56 Å². The summed E-state index contributed by atoms with van der Waals surface area (Å²) in [5.74, 6) is 0.0649. The number of fused-ring (bicyclic) bond motifs is 1. The van der Waals surface area contributed by atoms with Gasteiger partial charge in [0.05, 0.1) is 22.4 Å². The third kappa shape index (κ3) is 2.99. The molecule has 132 valence electrons. The van der Waals surface area contributed by atoms with Crippen LogP contribution in [0, 0.1) is 18.6 Å². The van der Waals surface area contributed by atoms with Crippen molar-refractivity contribution in [2.45, 2.75) is 12.2 Å². The van der Waals surface area contributed by atoms with Crippen LogP contribution in [0.2, 0.25) is 0 Å². The highest BCUT2D eigenvalue weighted by Gasteiger charge is 2.30. The highest BCUT2D eigenvalue weighted by Crippen LogP contribution is 2.43. The summed E-state index contributed by atoms with van der Waals surface area (Å²) in [6, 6.07) is 12.2. The lowest BCUT2D eigenvalue weighted by molar-refractivity contribution is -0.113. The minimum Gasteiger partial charge on any atom is -0.310 e. The van der Waals surface area contributed by atoms with Gasteiger partial charge in [0.15, 0.2) is 0 Å². The van der Waals surface area contributed by atoms with Gasteiger partial charge < -0.3 is 5.32 Å². The maximum Gasteiger partial charge on any atom is 0.235 e. The number of nitrogens with zero attached hydrogens (tertiary/aromatic N) is 2. The monoisotopic (exact) mass is 371 g/mol. The van der Waals surface area contributed by atoms with E-state index >= 15 is 0 Å². The van der Waals surface area contributed by atoms with Crippen LogP contribution >= 0.6 is 11.8 Å². The number of carbonyl (C=O) groups is 1. The molecule has 0 spiro atoms. The van der Waals surface area contributed by atoms with E-state index in [1.165, 1.54) is 36.0 Å². The molecule has 1 aliphatic rings. The van der Waals surface area contributed by atoms with E-state index in [-0.39, 0.29) is 28.5 Å². The van der Waals surface area contributed by atoms with Crippen LogP contribution in [-0.2, 0) is 4.79 Å². The number of aryl methyl sites for hydroxylation is 1. The number of aromatic nitrogens is 2. The molecule has 0 saturated carbocycles. The molecule has 3 aromatic rings. The van der Waals surface area contributed by atoms with Crippen molar-refractivity contribution >= 4 is 23.5 Å². The molecule has 1 aliphatic heterocycles. The second-order valence-electron chi connectivity index (χ2n) is 6.03. The fourth-order valence-corrected chi connectivity index (χ4v) is 4.24. The lowest BCUT2D eigenvalue weighted by atomic mass is 10.0. The number of rotatable bonds is 2. The highest BCUT2D eigenvalue weighted by atomic mass is 32.2. The van der Waals surface area contributed by atoms with E-state index in [9.17, 15) is 13.6 Å². The zero-order chi connectivity index (χ0) is 18.3. The molecule has 2 aromatic carbocycles. The van der Waals surface area contributed by atoms with Crippen LogP contribution in [0.1, 0.15) is 22.1 Å². The van der Waals surface area contributed by atoms with Gasteiger partial charge in [-0.3, -0.25) is 4.79 Å². The van der Waals surface area contributed by atoms with Gasteiger partial charge in [-0.1, -0.05) is 12.1 Å². The van der Waals surface area contributed by atoms with Crippen molar-refractivity contribution in [3.8, 4) is 5.69 Å². The third-order valence-electron chi connectivity index (χ3n) is 4.25. The summed E-state index contributed by atoms with van der Waals surface area (Å²) in [5.41, 5.74) is 3.18. The number of amides is 1. The molecule has 1 aromatic heterocycles. The van der Waals surface area contributed by atoms with Gasteiger partial charge in [-0.05, 0) is 48.9 Å². The fourth-order valence-electron chi connectivity index (χ4n) is 3.05. The van der Waals surface area contributed by atoms with E-state index in [2.05, 4.69) is 10.4 Å². The first kappa shape index (κ1) is 16.8. The van der Waals surface area contributed by atoms with Crippen molar-refractivity contribution in [3.05, 3.63) is 77.0 Å². The van der Waals surface area contributed by atoms with E-state index in [0.29, 0.717) is 11.5 Å². The van der Waals surface area contributed by atoms with E-state index in [1.807, 2.05) is 6.92 Å².